The van der Waals surface area contributed by atoms with Crippen molar-refractivity contribution in [3.05, 3.63) is 0 Å². The zero-order valence-corrected chi connectivity index (χ0v) is 8.23. The Hall–Kier alpha value is -0.440. The highest BCUT2D eigenvalue weighted by atomic mass is 19.2. The number of Topliss-reactive ketones (excluding diaryl/α,β-unsaturated/α-hetero) is 1. The maximum Gasteiger partial charge on any atom is 0.154 e. The minimum atomic E-state index is -0.620. The first-order valence-electron chi connectivity index (χ1n) is 4.39. The average Bonchev–Trinajstić information content (AvgIpc) is 1.98. The summed E-state index contributed by atoms with van der Waals surface area (Å²) in [5, 5.41) is 0. The summed E-state index contributed by atoms with van der Waals surface area (Å²) in [5.41, 5.74) is 1.56. The Morgan fingerprint density at radius 3 is 2.08 bits per heavy atom. The van der Waals surface area contributed by atoms with E-state index in [2.05, 4.69) is 0 Å². The van der Waals surface area contributed by atoms with E-state index in [9.17, 15) is 9.28 Å². The van der Waals surface area contributed by atoms with Gasteiger partial charge in [-0.1, -0.05) is 27.7 Å². The highest BCUT2D eigenvalue weighted by Gasteiger charge is 2.21. The molecule has 1 unspecified atom stereocenters. The van der Waals surface area contributed by atoms with Gasteiger partial charge in [-0.3, -0.25) is 4.79 Å². The lowest BCUT2D eigenvalue weighted by Crippen LogP contribution is -2.35. The molecule has 0 fully saturated rings. The lowest BCUT2D eigenvalue weighted by Gasteiger charge is -2.16. The SMILES string of the molecule is CC(C)CC(NF)C(=O)C(C)C. The molecule has 1 atom stereocenters. The van der Waals surface area contributed by atoms with Gasteiger partial charge in [0.05, 0.1) is 6.04 Å². The molecule has 0 saturated carbocycles. The van der Waals surface area contributed by atoms with Crippen molar-refractivity contribution in [1.82, 2.24) is 5.54 Å². The number of carbonyl (C=O) groups excluding carboxylic acids is 1. The number of nitrogens with one attached hydrogen (secondary N) is 1. The zero-order valence-electron chi connectivity index (χ0n) is 8.23. The molecule has 0 bridgehead atoms. The van der Waals surface area contributed by atoms with Crippen molar-refractivity contribution in [2.45, 2.75) is 40.2 Å². The Kier molecular flexibility index (Phi) is 5.06. The number of halogens is 1. The van der Waals surface area contributed by atoms with Crippen molar-refractivity contribution < 1.29 is 9.28 Å². The smallest absolute Gasteiger partial charge is 0.154 e. The molecule has 2 nitrogen and oxygen atoms in total. The van der Waals surface area contributed by atoms with Crippen molar-refractivity contribution in [2.24, 2.45) is 11.8 Å². The first-order valence-corrected chi connectivity index (χ1v) is 4.39. The molecular formula is C9H18FNO. The normalized spacial score (nSPS) is 13.9. The van der Waals surface area contributed by atoms with Crippen molar-refractivity contribution in [2.75, 3.05) is 0 Å². The lowest BCUT2D eigenvalue weighted by atomic mass is 9.95. The number of ketones is 1. The summed E-state index contributed by atoms with van der Waals surface area (Å²) in [6, 6.07) is -0.620. The maximum absolute atomic E-state index is 12.2. The second-order valence-corrected chi connectivity index (χ2v) is 3.85. The fourth-order valence-corrected chi connectivity index (χ4v) is 1.09. The monoisotopic (exact) mass is 175 g/mol. The molecule has 1 N–H and O–H groups in total. The Balaban J connectivity index is 4.06. The van der Waals surface area contributed by atoms with Gasteiger partial charge in [-0.15, -0.1) is 10.0 Å². The van der Waals surface area contributed by atoms with Crippen LogP contribution in [0.25, 0.3) is 0 Å². The molecule has 0 aliphatic heterocycles. The van der Waals surface area contributed by atoms with Crippen LogP contribution in [0.2, 0.25) is 0 Å². The highest BCUT2D eigenvalue weighted by molar-refractivity contribution is 5.85. The van der Waals surface area contributed by atoms with E-state index < -0.39 is 6.04 Å². The molecule has 0 spiro atoms. The first kappa shape index (κ1) is 11.6. The Morgan fingerprint density at radius 2 is 1.83 bits per heavy atom. The van der Waals surface area contributed by atoms with E-state index in [0.717, 1.165) is 0 Å². The van der Waals surface area contributed by atoms with E-state index in [-0.39, 0.29) is 11.7 Å². The van der Waals surface area contributed by atoms with Crippen LogP contribution in [0.3, 0.4) is 0 Å². The van der Waals surface area contributed by atoms with Gasteiger partial charge in [0.1, 0.15) is 0 Å². The number of hydrogen-bond donors (Lipinski definition) is 1. The molecule has 3 heteroatoms. The first-order chi connectivity index (χ1) is 5.49. The quantitative estimate of drug-likeness (QED) is 0.648. The fourth-order valence-electron chi connectivity index (χ4n) is 1.09. The molecule has 0 amide bonds. The van der Waals surface area contributed by atoms with Crippen LogP contribution in [0.15, 0.2) is 0 Å². The van der Waals surface area contributed by atoms with Gasteiger partial charge in [0, 0.05) is 5.92 Å². The van der Waals surface area contributed by atoms with Crippen LogP contribution in [-0.2, 0) is 4.79 Å². The van der Waals surface area contributed by atoms with Crippen molar-refractivity contribution in [3.63, 3.8) is 0 Å². The second kappa shape index (κ2) is 5.25. The van der Waals surface area contributed by atoms with Gasteiger partial charge in [0.15, 0.2) is 5.78 Å². The molecule has 0 saturated heterocycles. The van der Waals surface area contributed by atoms with E-state index in [1.165, 1.54) is 0 Å². The Labute approximate surface area is 73.5 Å². The molecule has 0 rings (SSSR count). The standard InChI is InChI=1S/C9H18FNO/c1-6(2)5-8(11-10)9(12)7(3)4/h6-8,11H,5H2,1-4H3. The average molecular weight is 175 g/mol. The molecule has 0 aromatic carbocycles. The lowest BCUT2D eigenvalue weighted by molar-refractivity contribution is -0.125. The van der Waals surface area contributed by atoms with Crippen LogP contribution in [0, 0.1) is 11.8 Å². The van der Waals surface area contributed by atoms with Crippen LogP contribution in [-0.4, -0.2) is 11.8 Å². The van der Waals surface area contributed by atoms with Gasteiger partial charge in [-0.25, -0.2) is 0 Å². The summed E-state index contributed by atoms with van der Waals surface area (Å²) in [4.78, 5) is 11.3. The Morgan fingerprint density at radius 1 is 1.33 bits per heavy atom. The van der Waals surface area contributed by atoms with E-state index in [0.29, 0.717) is 12.3 Å². The van der Waals surface area contributed by atoms with Crippen LogP contribution >= 0.6 is 0 Å². The summed E-state index contributed by atoms with van der Waals surface area (Å²) < 4.78 is 12.2. The third kappa shape index (κ3) is 3.81. The number of hydrogen-bond acceptors (Lipinski definition) is 2. The van der Waals surface area contributed by atoms with Crippen molar-refractivity contribution in [3.8, 4) is 0 Å². The third-order valence-electron chi connectivity index (χ3n) is 1.75. The van der Waals surface area contributed by atoms with Crippen LogP contribution < -0.4 is 5.54 Å². The summed E-state index contributed by atoms with van der Waals surface area (Å²) in [6.45, 7) is 7.51. The number of rotatable bonds is 5. The predicted molar refractivity (Wildman–Crippen MR) is 47.3 cm³/mol. The fraction of sp³-hybridized carbons (Fsp3) is 0.889. The summed E-state index contributed by atoms with van der Waals surface area (Å²) in [6.07, 6.45) is 0.563. The van der Waals surface area contributed by atoms with Gasteiger partial charge < -0.3 is 0 Å². The molecule has 0 heterocycles. The van der Waals surface area contributed by atoms with Crippen LogP contribution in [0.1, 0.15) is 34.1 Å². The van der Waals surface area contributed by atoms with Gasteiger partial charge >= 0.3 is 0 Å². The molecule has 0 aliphatic carbocycles. The topological polar surface area (TPSA) is 29.1 Å². The summed E-state index contributed by atoms with van der Waals surface area (Å²) in [5.74, 6) is 0.184. The minimum Gasteiger partial charge on any atom is -0.298 e. The molecule has 72 valence electrons. The Bertz CT molecular complexity index is 145. The molecular weight excluding hydrogens is 157 g/mol. The third-order valence-corrected chi connectivity index (χ3v) is 1.75. The van der Waals surface area contributed by atoms with Gasteiger partial charge in [-0.2, -0.15) is 0 Å². The summed E-state index contributed by atoms with van der Waals surface area (Å²) in [7, 11) is 0. The van der Waals surface area contributed by atoms with Gasteiger partial charge in [-0.05, 0) is 12.3 Å². The van der Waals surface area contributed by atoms with Gasteiger partial charge in [0.2, 0.25) is 0 Å². The minimum absolute atomic E-state index is 0.0498. The number of carbonyl (C=O) groups is 1. The molecule has 0 aromatic heterocycles. The van der Waals surface area contributed by atoms with E-state index in [1.807, 2.05) is 13.8 Å². The highest BCUT2D eigenvalue weighted by Crippen LogP contribution is 2.09. The second-order valence-electron chi connectivity index (χ2n) is 3.85. The predicted octanol–water partition coefficient (Wildman–Crippen LogP) is 2.10. The zero-order chi connectivity index (χ0) is 9.72. The molecule has 12 heavy (non-hydrogen) atoms. The maximum atomic E-state index is 12.2. The van der Waals surface area contributed by atoms with Crippen LogP contribution in [0.5, 0.6) is 0 Å². The van der Waals surface area contributed by atoms with Crippen molar-refractivity contribution >= 4 is 5.78 Å². The summed E-state index contributed by atoms with van der Waals surface area (Å²) >= 11 is 0. The van der Waals surface area contributed by atoms with Crippen LogP contribution in [0.4, 0.5) is 4.48 Å². The largest absolute Gasteiger partial charge is 0.298 e. The van der Waals surface area contributed by atoms with Gasteiger partial charge in [0.25, 0.3) is 0 Å². The van der Waals surface area contributed by atoms with E-state index in [4.69, 9.17) is 0 Å². The van der Waals surface area contributed by atoms with E-state index in [1.54, 1.807) is 19.4 Å². The van der Waals surface area contributed by atoms with Crippen molar-refractivity contribution in [1.29, 1.82) is 0 Å². The van der Waals surface area contributed by atoms with E-state index >= 15 is 0 Å². The molecule has 0 aliphatic rings. The molecule has 0 aromatic rings. The molecule has 0 radical (unpaired) electrons.